The van der Waals surface area contributed by atoms with E-state index < -0.39 is 11.6 Å². The number of halogens is 1. The van der Waals surface area contributed by atoms with Gasteiger partial charge in [-0.3, -0.25) is 4.79 Å². The molecule has 3 saturated heterocycles. The lowest BCUT2D eigenvalue weighted by Crippen LogP contribution is -3.00. The Bertz CT molecular complexity index is 975. The molecule has 0 radical (unpaired) electrons. The molecule has 0 spiro atoms. The normalized spacial score (nSPS) is 28.0. The summed E-state index contributed by atoms with van der Waals surface area (Å²) >= 11 is 0. The first-order chi connectivity index (χ1) is 16.0. The van der Waals surface area contributed by atoms with Gasteiger partial charge in [-0.15, -0.1) is 0 Å². The summed E-state index contributed by atoms with van der Waals surface area (Å²) in [7, 11) is 0. The Morgan fingerprint density at radius 2 is 1.97 bits per heavy atom. The second kappa shape index (κ2) is 10.1. The Kier molecular flexibility index (Phi) is 7.39. The Hall–Kier alpha value is -2.30. The third-order valence-electron chi connectivity index (χ3n) is 7.85. The average Bonchev–Trinajstić information content (AvgIpc) is 3.54. The van der Waals surface area contributed by atoms with E-state index in [9.17, 15) is 14.7 Å². The number of furan rings is 1. The van der Waals surface area contributed by atoms with Crippen molar-refractivity contribution in [1.82, 2.24) is 9.97 Å². The highest BCUT2D eigenvalue weighted by atomic mass is 79.9. The summed E-state index contributed by atoms with van der Waals surface area (Å²) in [5, 5.41) is 14.4. The maximum absolute atomic E-state index is 13.4. The molecule has 9 nitrogen and oxygen atoms in total. The average molecular weight is 535 g/mol. The molecule has 184 valence electrons. The van der Waals surface area contributed by atoms with Crippen molar-refractivity contribution in [1.29, 1.82) is 0 Å². The molecule has 0 aromatic carbocycles. The molecular weight excluding hydrogens is 504 g/mol. The van der Waals surface area contributed by atoms with Crippen molar-refractivity contribution in [2.75, 3.05) is 31.5 Å². The number of aromatic nitrogens is 2. The van der Waals surface area contributed by atoms with Gasteiger partial charge in [-0.25, -0.2) is 14.8 Å². The summed E-state index contributed by atoms with van der Waals surface area (Å²) in [6, 6.07) is 3.31. The van der Waals surface area contributed by atoms with Gasteiger partial charge < -0.3 is 41.0 Å². The fourth-order valence-electron chi connectivity index (χ4n) is 6.00. The number of fused-ring (bicyclic) bond motifs is 3. The quantitative estimate of drug-likeness (QED) is 0.354. The predicted molar refractivity (Wildman–Crippen MR) is 118 cm³/mol. The molecule has 4 aliphatic rings. The van der Waals surface area contributed by atoms with Crippen LogP contribution in [-0.2, 0) is 19.9 Å². The number of quaternary nitrogens is 1. The first-order valence-corrected chi connectivity index (χ1v) is 11.9. The summed E-state index contributed by atoms with van der Waals surface area (Å²) in [6.07, 6.45) is 10.9. The number of hydrogen-bond acceptors (Lipinski definition) is 7. The van der Waals surface area contributed by atoms with E-state index in [-0.39, 0.29) is 40.8 Å². The van der Waals surface area contributed by atoms with Gasteiger partial charge in [0.25, 0.3) is 5.91 Å². The molecular formula is C24H31BrN4O5. The van der Waals surface area contributed by atoms with Gasteiger partial charge in [0.1, 0.15) is 18.7 Å². The number of anilines is 1. The maximum Gasteiger partial charge on any atom is 0.343 e. The fraction of sp³-hybridized carbons (Fsp3) is 0.583. The third kappa shape index (κ3) is 4.76. The van der Waals surface area contributed by atoms with E-state index in [1.807, 2.05) is 0 Å². The molecule has 1 unspecified atom stereocenters. The van der Waals surface area contributed by atoms with Crippen molar-refractivity contribution in [3.05, 3.63) is 42.7 Å². The van der Waals surface area contributed by atoms with Crippen LogP contribution in [0.2, 0.25) is 0 Å². The molecule has 1 aliphatic carbocycles. The van der Waals surface area contributed by atoms with Gasteiger partial charge in [-0.05, 0) is 25.0 Å². The number of esters is 1. The van der Waals surface area contributed by atoms with E-state index in [1.54, 1.807) is 18.3 Å². The first-order valence-electron chi connectivity index (χ1n) is 11.9. The molecule has 34 heavy (non-hydrogen) atoms. The summed E-state index contributed by atoms with van der Waals surface area (Å²) < 4.78 is 11.8. The molecule has 2 aromatic rings. The van der Waals surface area contributed by atoms with E-state index in [0.29, 0.717) is 29.0 Å². The molecule has 2 aromatic heterocycles. The Morgan fingerprint density at radius 1 is 1.21 bits per heavy atom. The van der Waals surface area contributed by atoms with Crippen LogP contribution in [0.1, 0.15) is 44.1 Å². The van der Waals surface area contributed by atoms with Crippen LogP contribution in [0.15, 0.2) is 41.6 Å². The van der Waals surface area contributed by atoms with Crippen LogP contribution in [0.25, 0.3) is 0 Å². The van der Waals surface area contributed by atoms with Crippen molar-refractivity contribution in [3.8, 4) is 0 Å². The van der Waals surface area contributed by atoms with Gasteiger partial charge in [-0.1, -0.05) is 12.8 Å². The zero-order valence-corrected chi connectivity index (χ0v) is 20.7. The van der Waals surface area contributed by atoms with Crippen molar-refractivity contribution in [2.45, 2.75) is 50.2 Å². The minimum absolute atomic E-state index is 0. The van der Waals surface area contributed by atoms with Gasteiger partial charge in [0.05, 0.1) is 25.6 Å². The number of nitrogens with zero attached hydrogens (tertiary/aromatic N) is 3. The van der Waals surface area contributed by atoms with Gasteiger partial charge in [0.15, 0.2) is 18.2 Å². The second-order valence-corrected chi connectivity index (χ2v) is 9.81. The van der Waals surface area contributed by atoms with Crippen LogP contribution in [-0.4, -0.2) is 63.7 Å². The molecule has 10 heteroatoms. The van der Waals surface area contributed by atoms with Crippen LogP contribution in [0.3, 0.4) is 0 Å². The number of amides is 1. The van der Waals surface area contributed by atoms with Gasteiger partial charge in [0.2, 0.25) is 0 Å². The minimum atomic E-state index is -1.69. The number of carbonyl (C=O) groups is 2. The number of piperidine rings is 3. The minimum Gasteiger partial charge on any atom is -1.00 e. The van der Waals surface area contributed by atoms with E-state index in [0.717, 1.165) is 51.6 Å². The van der Waals surface area contributed by atoms with Crippen LogP contribution >= 0.6 is 0 Å². The summed E-state index contributed by atoms with van der Waals surface area (Å²) in [5.74, 6) is -0.135. The maximum atomic E-state index is 13.4. The predicted octanol–water partition coefficient (Wildman–Crippen LogP) is -0.758. The fourth-order valence-corrected chi connectivity index (χ4v) is 6.00. The van der Waals surface area contributed by atoms with Crippen molar-refractivity contribution in [2.24, 2.45) is 11.8 Å². The van der Waals surface area contributed by atoms with Crippen LogP contribution in [0.5, 0.6) is 0 Å². The summed E-state index contributed by atoms with van der Waals surface area (Å²) in [6.45, 7) is 2.65. The SMILES string of the molecule is O=C(C[N+]12CCC(CC1)C(OC(=O)[C@](O)(c1ccoc1)C1CCCC1)C2)Nc1ccncn1.[Br-]. The first kappa shape index (κ1) is 24.8. The second-order valence-electron chi connectivity index (χ2n) is 9.81. The molecule has 2 bridgehead atoms. The smallest absolute Gasteiger partial charge is 0.343 e. The van der Waals surface area contributed by atoms with E-state index in [4.69, 9.17) is 9.15 Å². The highest BCUT2D eigenvalue weighted by Gasteiger charge is 2.53. The standard InChI is InChI=1S/C24H30N4O5.BrH/c29-22(27-21-5-9-25-16-26-21)14-28-10-6-17(7-11-28)20(13-28)33-23(30)24(31,18-3-1-2-4-18)19-8-12-32-15-19;/h5,8-9,12,15-18,20,31H,1-4,6-7,10-11,13-14H2;1H/t17?,20?,24-,28?;/m1./s1. The lowest BCUT2D eigenvalue weighted by Gasteiger charge is -2.51. The van der Waals surface area contributed by atoms with Crippen LogP contribution in [0.4, 0.5) is 5.82 Å². The van der Waals surface area contributed by atoms with E-state index in [2.05, 4.69) is 15.3 Å². The zero-order valence-electron chi connectivity index (χ0n) is 19.1. The molecule has 1 saturated carbocycles. The number of nitrogens with one attached hydrogen (secondary N) is 1. The van der Waals surface area contributed by atoms with Gasteiger partial charge >= 0.3 is 5.97 Å². The van der Waals surface area contributed by atoms with E-state index >= 15 is 0 Å². The number of ether oxygens (including phenoxy) is 1. The highest BCUT2D eigenvalue weighted by Crippen LogP contribution is 2.43. The van der Waals surface area contributed by atoms with Crippen molar-refractivity contribution >= 4 is 17.7 Å². The monoisotopic (exact) mass is 534 g/mol. The molecule has 3 aliphatic heterocycles. The number of aliphatic hydroxyl groups is 1. The Balaban J connectivity index is 0.00000274. The molecule has 5 heterocycles. The molecule has 1 amide bonds. The lowest BCUT2D eigenvalue weighted by atomic mass is 9.80. The lowest BCUT2D eigenvalue weighted by molar-refractivity contribution is -0.939. The molecule has 4 fully saturated rings. The number of rotatable bonds is 7. The van der Waals surface area contributed by atoms with Crippen LogP contribution < -0.4 is 22.3 Å². The Labute approximate surface area is 209 Å². The van der Waals surface area contributed by atoms with Gasteiger partial charge in [-0.2, -0.15) is 0 Å². The Morgan fingerprint density at radius 3 is 2.62 bits per heavy atom. The zero-order chi connectivity index (χ0) is 22.9. The van der Waals surface area contributed by atoms with Crippen molar-refractivity contribution < 1.29 is 45.3 Å². The summed E-state index contributed by atoms with van der Waals surface area (Å²) in [4.78, 5) is 34.1. The highest BCUT2D eigenvalue weighted by molar-refractivity contribution is 5.90. The van der Waals surface area contributed by atoms with Gasteiger partial charge in [0, 0.05) is 36.4 Å². The van der Waals surface area contributed by atoms with E-state index in [1.165, 1.54) is 18.9 Å². The third-order valence-corrected chi connectivity index (χ3v) is 7.85. The summed E-state index contributed by atoms with van der Waals surface area (Å²) in [5.41, 5.74) is -1.22. The number of hydrogen-bond donors (Lipinski definition) is 2. The van der Waals surface area contributed by atoms with Crippen LogP contribution in [0, 0.1) is 11.8 Å². The topological polar surface area (TPSA) is 115 Å². The van der Waals surface area contributed by atoms with Crippen molar-refractivity contribution in [3.63, 3.8) is 0 Å². The molecule has 2 N–H and O–H groups in total. The molecule has 2 atom stereocenters. The number of carbonyl (C=O) groups excluding carboxylic acids is 2. The largest absolute Gasteiger partial charge is 1.00 e. The molecule has 6 rings (SSSR count).